The second kappa shape index (κ2) is 6.82. The van der Waals surface area contributed by atoms with Crippen LogP contribution in [0.15, 0.2) is 48.5 Å². The number of fused-ring (bicyclic) bond motifs is 1. The van der Waals surface area contributed by atoms with Crippen molar-refractivity contribution >= 4 is 23.5 Å². The summed E-state index contributed by atoms with van der Waals surface area (Å²) < 4.78 is 0. The van der Waals surface area contributed by atoms with Crippen LogP contribution in [-0.4, -0.2) is 41.4 Å². The molecule has 140 valence electrons. The zero-order chi connectivity index (χ0) is 19.8. The van der Waals surface area contributed by atoms with Gasteiger partial charge in [0.1, 0.15) is 6.04 Å². The minimum Gasteiger partial charge on any atom is -0.332 e. The fourth-order valence-electron chi connectivity index (χ4n) is 3.72. The molecule has 0 unspecified atom stereocenters. The number of benzene rings is 2. The predicted molar refractivity (Wildman–Crippen MR) is 102 cm³/mol. The number of nitrogens with one attached hydrogen (secondary N) is 1. The lowest BCUT2D eigenvalue weighted by Crippen LogP contribution is -2.65. The van der Waals surface area contributed by atoms with Crippen molar-refractivity contribution in [2.24, 2.45) is 0 Å². The molecule has 0 aromatic heterocycles. The monoisotopic (exact) mass is 374 g/mol. The number of hydrogen-bond acceptors (Lipinski definition) is 4. The molecule has 2 aliphatic rings. The molecule has 7 heteroatoms. The van der Waals surface area contributed by atoms with Gasteiger partial charge in [-0.3, -0.25) is 9.59 Å². The van der Waals surface area contributed by atoms with E-state index in [4.69, 9.17) is 5.26 Å². The Morgan fingerprint density at radius 3 is 2.43 bits per heavy atom. The van der Waals surface area contributed by atoms with Gasteiger partial charge in [0.25, 0.3) is 11.8 Å². The van der Waals surface area contributed by atoms with Gasteiger partial charge in [0, 0.05) is 12.1 Å². The van der Waals surface area contributed by atoms with Gasteiger partial charge in [-0.15, -0.1) is 0 Å². The summed E-state index contributed by atoms with van der Waals surface area (Å²) >= 11 is 0. The number of aryl methyl sites for hydroxylation is 1. The minimum atomic E-state index is -0.748. The minimum absolute atomic E-state index is 0.287. The van der Waals surface area contributed by atoms with E-state index in [9.17, 15) is 14.4 Å². The summed E-state index contributed by atoms with van der Waals surface area (Å²) in [7, 11) is 0. The van der Waals surface area contributed by atoms with E-state index in [1.807, 2.05) is 25.1 Å². The van der Waals surface area contributed by atoms with E-state index >= 15 is 0 Å². The molecule has 2 fully saturated rings. The van der Waals surface area contributed by atoms with E-state index in [1.165, 1.54) is 4.90 Å². The van der Waals surface area contributed by atoms with Crippen LogP contribution in [0.2, 0.25) is 0 Å². The molecule has 1 N–H and O–H groups in total. The first kappa shape index (κ1) is 17.7. The maximum absolute atomic E-state index is 13.2. The quantitative estimate of drug-likeness (QED) is 0.872. The summed E-state index contributed by atoms with van der Waals surface area (Å²) in [5.74, 6) is -0.692. The zero-order valence-corrected chi connectivity index (χ0v) is 15.3. The number of carbonyl (C=O) groups is 3. The van der Waals surface area contributed by atoms with Crippen LogP contribution in [-0.2, 0) is 4.79 Å². The summed E-state index contributed by atoms with van der Waals surface area (Å²) in [6.45, 7) is 2.30. The molecular weight excluding hydrogens is 356 g/mol. The van der Waals surface area contributed by atoms with Crippen LogP contribution < -0.4 is 10.2 Å². The van der Waals surface area contributed by atoms with Gasteiger partial charge in [-0.05, 0) is 49.7 Å². The summed E-state index contributed by atoms with van der Waals surface area (Å²) in [4.78, 5) is 41.3. The van der Waals surface area contributed by atoms with Crippen LogP contribution in [0.3, 0.4) is 0 Å². The number of likely N-dealkylation sites (tertiary alicyclic amines) is 1. The third-order valence-electron chi connectivity index (χ3n) is 5.20. The molecule has 4 amide bonds. The van der Waals surface area contributed by atoms with Gasteiger partial charge < -0.3 is 10.2 Å². The summed E-state index contributed by atoms with van der Waals surface area (Å²) in [6.07, 6.45) is 0.520. The number of imide groups is 1. The number of urea groups is 1. The van der Waals surface area contributed by atoms with Crippen LogP contribution in [0.25, 0.3) is 0 Å². The number of nitriles is 1. The second-order valence-electron chi connectivity index (χ2n) is 6.99. The molecule has 2 atom stereocenters. The van der Waals surface area contributed by atoms with Crippen LogP contribution in [0.4, 0.5) is 10.5 Å². The van der Waals surface area contributed by atoms with Crippen molar-refractivity contribution in [3.8, 4) is 6.07 Å². The van der Waals surface area contributed by atoms with Gasteiger partial charge in [0.2, 0.25) is 0 Å². The topological polar surface area (TPSA) is 93.5 Å². The van der Waals surface area contributed by atoms with Crippen molar-refractivity contribution in [3.63, 3.8) is 0 Å². The van der Waals surface area contributed by atoms with Crippen molar-refractivity contribution in [3.05, 3.63) is 65.2 Å². The number of hydrogen-bond donors (Lipinski definition) is 1. The number of rotatable bonds is 2. The van der Waals surface area contributed by atoms with Crippen molar-refractivity contribution in [1.29, 1.82) is 5.26 Å². The van der Waals surface area contributed by atoms with Crippen LogP contribution >= 0.6 is 0 Å². The maximum atomic E-state index is 13.2. The van der Waals surface area contributed by atoms with E-state index in [-0.39, 0.29) is 5.91 Å². The predicted octanol–water partition coefficient (Wildman–Crippen LogP) is 2.21. The lowest BCUT2D eigenvalue weighted by Gasteiger charge is -2.36. The molecule has 7 nitrogen and oxygen atoms in total. The van der Waals surface area contributed by atoms with Crippen LogP contribution in [0.5, 0.6) is 0 Å². The fraction of sp³-hybridized carbons (Fsp3) is 0.238. The third-order valence-corrected chi connectivity index (χ3v) is 5.20. The van der Waals surface area contributed by atoms with Gasteiger partial charge in [0.05, 0.1) is 23.4 Å². The molecule has 4 rings (SSSR count). The Hall–Kier alpha value is -3.66. The Bertz CT molecular complexity index is 992. The van der Waals surface area contributed by atoms with Crippen molar-refractivity contribution in [2.45, 2.75) is 25.4 Å². The third kappa shape index (κ3) is 2.89. The van der Waals surface area contributed by atoms with Gasteiger partial charge in [-0.2, -0.15) is 5.26 Å². The molecule has 0 saturated carbocycles. The van der Waals surface area contributed by atoms with Crippen LogP contribution in [0.1, 0.15) is 27.9 Å². The summed E-state index contributed by atoms with van der Waals surface area (Å²) in [5, 5.41) is 11.8. The average molecular weight is 374 g/mol. The Morgan fingerprint density at radius 1 is 1.11 bits per heavy atom. The standard InChI is InChI=1S/C21H18N4O3/c1-13-2-8-16(9-3-13)25-20(27)18-17(23-21(25)28)10-11-24(18)19(26)15-6-4-14(12-22)5-7-15/h2-9,17-18H,10-11H2,1H3,(H,23,28)/t17-,18-/m1/s1. The number of amides is 4. The average Bonchev–Trinajstić information content (AvgIpc) is 3.13. The van der Waals surface area contributed by atoms with Gasteiger partial charge in [-0.25, -0.2) is 9.69 Å². The highest BCUT2D eigenvalue weighted by atomic mass is 16.2. The first-order chi connectivity index (χ1) is 13.5. The molecule has 28 heavy (non-hydrogen) atoms. The largest absolute Gasteiger partial charge is 0.332 e. The lowest BCUT2D eigenvalue weighted by molar-refractivity contribution is -0.122. The first-order valence-corrected chi connectivity index (χ1v) is 9.02. The highest BCUT2D eigenvalue weighted by Gasteiger charge is 2.49. The Balaban J connectivity index is 1.63. The summed E-state index contributed by atoms with van der Waals surface area (Å²) in [6, 6.07) is 13.8. The van der Waals surface area contributed by atoms with Gasteiger partial charge >= 0.3 is 6.03 Å². The lowest BCUT2D eigenvalue weighted by atomic mass is 10.0. The Labute approximate surface area is 162 Å². The highest BCUT2D eigenvalue weighted by molar-refractivity contribution is 6.19. The number of anilines is 1. The van der Waals surface area contributed by atoms with Gasteiger partial charge in [0.15, 0.2) is 0 Å². The summed E-state index contributed by atoms with van der Waals surface area (Å²) in [5.41, 5.74) is 2.36. The normalized spacial score (nSPS) is 21.1. The second-order valence-corrected chi connectivity index (χ2v) is 6.99. The Morgan fingerprint density at radius 2 is 1.79 bits per heavy atom. The fourth-order valence-corrected chi connectivity index (χ4v) is 3.72. The van der Waals surface area contributed by atoms with Gasteiger partial charge in [-0.1, -0.05) is 17.7 Å². The molecule has 0 radical (unpaired) electrons. The Kier molecular flexibility index (Phi) is 4.32. The molecule has 0 bridgehead atoms. The van der Waals surface area contributed by atoms with E-state index in [1.54, 1.807) is 36.4 Å². The maximum Gasteiger partial charge on any atom is 0.329 e. The molecular formula is C21H18N4O3. The highest BCUT2D eigenvalue weighted by Crippen LogP contribution is 2.29. The molecule has 0 aliphatic carbocycles. The SMILES string of the molecule is Cc1ccc(N2C(=O)N[C@@H]3CCN(C(=O)c4ccc(C#N)cc4)[C@H]3C2=O)cc1. The molecule has 2 aromatic rings. The molecule has 2 saturated heterocycles. The van der Waals surface area contributed by atoms with Crippen molar-refractivity contribution < 1.29 is 14.4 Å². The first-order valence-electron chi connectivity index (χ1n) is 9.02. The van der Waals surface area contributed by atoms with E-state index < -0.39 is 24.0 Å². The van der Waals surface area contributed by atoms with E-state index in [0.29, 0.717) is 29.8 Å². The smallest absolute Gasteiger partial charge is 0.329 e. The van der Waals surface area contributed by atoms with E-state index in [2.05, 4.69) is 5.32 Å². The number of carbonyl (C=O) groups excluding carboxylic acids is 3. The van der Waals surface area contributed by atoms with Crippen LogP contribution in [0, 0.1) is 18.3 Å². The molecule has 2 heterocycles. The zero-order valence-electron chi connectivity index (χ0n) is 15.3. The van der Waals surface area contributed by atoms with Crippen molar-refractivity contribution in [2.75, 3.05) is 11.4 Å². The number of nitrogens with zero attached hydrogens (tertiary/aromatic N) is 3. The molecule has 2 aromatic carbocycles. The van der Waals surface area contributed by atoms with Crippen molar-refractivity contribution in [1.82, 2.24) is 10.2 Å². The molecule has 2 aliphatic heterocycles. The van der Waals surface area contributed by atoms with E-state index in [0.717, 1.165) is 10.5 Å². The molecule has 0 spiro atoms.